The molecule has 6 heteroatoms. The molecule has 0 amide bonds. The second-order valence-corrected chi connectivity index (χ2v) is 5.35. The Morgan fingerprint density at radius 3 is 2.37 bits per heavy atom. The van der Waals surface area contributed by atoms with Gasteiger partial charge in [0.25, 0.3) is 0 Å². The Kier molecular flexibility index (Phi) is 3.91. The fourth-order valence-corrected chi connectivity index (χ4v) is 2.67. The summed E-state index contributed by atoms with van der Waals surface area (Å²) in [5.74, 6) is -0.0669. The highest BCUT2D eigenvalue weighted by molar-refractivity contribution is 7.11. The second kappa shape index (κ2) is 5.30. The van der Waals surface area contributed by atoms with Crippen molar-refractivity contribution in [3.05, 3.63) is 52.0 Å². The van der Waals surface area contributed by atoms with Crippen LogP contribution in [0.5, 0.6) is 0 Å². The van der Waals surface area contributed by atoms with Crippen molar-refractivity contribution in [1.82, 2.24) is 4.98 Å². The first-order chi connectivity index (χ1) is 8.89. The number of rotatable bonds is 3. The summed E-state index contributed by atoms with van der Waals surface area (Å²) in [6.45, 7) is 1.90. The van der Waals surface area contributed by atoms with Crippen molar-refractivity contribution in [3.8, 4) is 0 Å². The standard InChI is InChI=1S/C13H13F3N2S/c1-8(9-5-3-2-4-6-9)11(17)10-7-18-12(19-10)13(14,15)16/h2-8,11H,17H2,1H3. The van der Waals surface area contributed by atoms with Crippen LogP contribution in [-0.4, -0.2) is 4.98 Å². The number of benzene rings is 1. The van der Waals surface area contributed by atoms with E-state index >= 15 is 0 Å². The summed E-state index contributed by atoms with van der Waals surface area (Å²) < 4.78 is 37.5. The van der Waals surface area contributed by atoms with E-state index in [1.165, 1.54) is 6.20 Å². The van der Waals surface area contributed by atoms with Crippen LogP contribution in [0, 0.1) is 0 Å². The lowest BCUT2D eigenvalue weighted by molar-refractivity contribution is -0.137. The molecule has 2 nitrogen and oxygen atoms in total. The monoisotopic (exact) mass is 286 g/mol. The maximum absolute atomic E-state index is 12.5. The highest BCUT2D eigenvalue weighted by Gasteiger charge is 2.35. The molecule has 0 aliphatic rings. The van der Waals surface area contributed by atoms with Crippen molar-refractivity contribution >= 4 is 11.3 Å². The second-order valence-electron chi connectivity index (χ2n) is 4.29. The summed E-state index contributed by atoms with van der Waals surface area (Å²) in [5.41, 5.74) is 7.03. The molecule has 0 bridgehead atoms. The number of hydrogen-bond donors (Lipinski definition) is 1. The molecule has 0 aliphatic carbocycles. The fourth-order valence-electron chi connectivity index (χ4n) is 1.78. The van der Waals surface area contributed by atoms with Crippen LogP contribution in [0.2, 0.25) is 0 Å². The SMILES string of the molecule is CC(c1ccccc1)C(N)c1cnc(C(F)(F)F)s1. The first-order valence-electron chi connectivity index (χ1n) is 5.73. The Hall–Kier alpha value is -1.40. The minimum Gasteiger partial charge on any atom is -0.323 e. The first-order valence-corrected chi connectivity index (χ1v) is 6.54. The molecule has 1 aromatic carbocycles. The number of alkyl halides is 3. The van der Waals surface area contributed by atoms with E-state index in [4.69, 9.17) is 5.73 Å². The summed E-state index contributed by atoms with van der Waals surface area (Å²) in [6, 6.07) is 8.98. The quantitative estimate of drug-likeness (QED) is 0.927. The normalized spacial score (nSPS) is 15.2. The third kappa shape index (κ3) is 3.13. The summed E-state index contributed by atoms with van der Waals surface area (Å²) >= 11 is 0.610. The molecule has 0 radical (unpaired) electrons. The van der Waals surface area contributed by atoms with E-state index in [0.29, 0.717) is 16.2 Å². The van der Waals surface area contributed by atoms with Gasteiger partial charge in [0, 0.05) is 23.0 Å². The van der Waals surface area contributed by atoms with Gasteiger partial charge in [-0.3, -0.25) is 0 Å². The zero-order valence-electron chi connectivity index (χ0n) is 10.2. The molecule has 102 valence electrons. The summed E-state index contributed by atoms with van der Waals surface area (Å²) in [4.78, 5) is 3.85. The zero-order chi connectivity index (χ0) is 14.0. The van der Waals surface area contributed by atoms with E-state index in [0.717, 1.165) is 5.56 Å². The average Bonchev–Trinajstić information content (AvgIpc) is 2.87. The van der Waals surface area contributed by atoms with E-state index in [-0.39, 0.29) is 5.92 Å². The molecule has 0 spiro atoms. The number of aromatic nitrogens is 1. The van der Waals surface area contributed by atoms with Gasteiger partial charge in [-0.05, 0) is 5.56 Å². The number of nitrogens with two attached hydrogens (primary N) is 1. The van der Waals surface area contributed by atoms with Gasteiger partial charge in [0.2, 0.25) is 0 Å². The van der Waals surface area contributed by atoms with Gasteiger partial charge >= 0.3 is 6.18 Å². The summed E-state index contributed by atoms with van der Waals surface area (Å²) in [5, 5.41) is -0.849. The molecular weight excluding hydrogens is 273 g/mol. The molecule has 0 saturated carbocycles. The highest BCUT2D eigenvalue weighted by Crippen LogP contribution is 2.37. The summed E-state index contributed by atoms with van der Waals surface area (Å²) in [6.07, 6.45) is -3.18. The zero-order valence-corrected chi connectivity index (χ0v) is 11.0. The van der Waals surface area contributed by atoms with Crippen LogP contribution in [0.4, 0.5) is 13.2 Å². The molecule has 1 aromatic heterocycles. The number of halogens is 3. The lowest BCUT2D eigenvalue weighted by Gasteiger charge is -2.18. The number of hydrogen-bond acceptors (Lipinski definition) is 3. The molecule has 2 N–H and O–H groups in total. The largest absolute Gasteiger partial charge is 0.443 e. The van der Waals surface area contributed by atoms with Crippen LogP contribution < -0.4 is 5.73 Å². The van der Waals surface area contributed by atoms with Gasteiger partial charge in [-0.15, -0.1) is 11.3 Å². The molecule has 0 aliphatic heterocycles. The Bertz CT molecular complexity index is 536. The third-order valence-corrected chi connectivity index (χ3v) is 4.10. The Morgan fingerprint density at radius 2 is 1.84 bits per heavy atom. The fraction of sp³-hybridized carbons (Fsp3) is 0.308. The van der Waals surface area contributed by atoms with Gasteiger partial charge < -0.3 is 5.73 Å². The Labute approximate surface area is 113 Å². The molecule has 2 atom stereocenters. The van der Waals surface area contributed by atoms with Crippen molar-refractivity contribution in [2.24, 2.45) is 5.73 Å². The van der Waals surface area contributed by atoms with Crippen molar-refractivity contribution in [1.29, 1.82) is 0 Å². The average molecular weight is 286 g/mol. The topological polar surface area (TPSA) is 38.9 Å². The third-order valence-electron chi connectivity index (χ3n) is 2.96. The van der Waals surface area contributed by atoms with Gasteiger partial charge in [-0.25, -0.2) is 4.98 Å². The van der Waals surface area contributed by atoms with Crippen molar-refractivity contribution in [2.75, 3.05) is 0 Å². The predicted octanol–water partition coefficient (Wildman–Crippen LogP) is 3.97. The maximum Gasteiger partial charge on any atom is 0.443 e. The van der Waals surface area contributed by atoms with Gasteiger partial charge in [-0.1, -0.05) is 37.3 Å². The molecule has 0 fully saturated rings. The molecule has 19 heavy (non-hydrogen) atoms. The molecule has 0 saturated heterocycles. The molecule has 2 unspecified atom stereocenters. The smallest absolute Gasteiger partial charge is 0.323 e. The highest BCUT2D eigenvalue weighted by atomic mass is 32.1. The van der Waals surface area contributed by atoms with Gasteiger partial charge in [-0.2, -0.15) is 13.2 Å². The van der Waals surface area contributed by atoms with E-state index in [2.05, 4.69) is 4.98 Å². The Balaban J connectivity index is 2.20. The van der Waals surface area contributed by atoms with Crippen molar-refractivity contribution in [2.45, 2.75) is 25.1 Å². The molecule has 2 rings (SSSR count). The van der Waals surface area contributed by atoms with Gasteiger partial charge in [0.05, 0.1) is 0 Å². The lowest BCUT2D eigenvalue weighted by Crippen LogP contribution is -2.16. The van der Waals surface area contributed by atoms with Crippen LogP contribution >= 0.6 is 11.3 Å². The number of nitrogens with zero attached hydrogens (tertiary/aromatic N) is 1. The molecule has 2 aromatic rings. The predicted molar refractivity (Wildman–Crippen MR) is 68.9 cm³/mol. The summed E-state index contributed by atoms with van der Waals surface area (Å²) in [7, 11) is 0. The van der Waals surface area contributed by atoms with Crippen LogP contribution in [0.25, 0.3) is 0 Å². The Morgan fingerprint density at radius 1 is 1.21 bits per heavy atom. The van der Waals surface area contributed by atoms with Crippen molar-refractivity contribution in [3.63, 3.8) is 0 Å². The van der Waals surface area contributed by atoms with E-state index in [1.807, 2.05) is 37.3 Å². The van der Waals surface area contributed by atoms with Crippen LogP contribution in [-0.2, 0) is 6.18 Å². The van der Waals surface area contributed by atoms with E-state index < -0.39 is 17.2 Å². The van der Waals surface area contributed by atoms with Crippen LogP contribution in [0.1, 0.15) is 34.3 Å². The lowest BCUT2D eigenvalue weighted by atomic mass is 9.93. The maximum atomic E-state index is 12.5. The van der Waals surface area contributed by atoms with Gasteiger partial charge in [0.1, 0.15) is 0 Å². The first kappa shape index (κ1) is 14.0. The van der Waals surface area contributed by atoms with Crippen LogP contribution in [0.15, 0.2) is 36.5 Å². The van der Waals surface area contributed by atoms with E-state index in [1.54, 1.807) is 0 Å². The minimum absolute atomic E-state index is 0.0669. The van der Waals surface area contributed by atoms with E-state index in [9.17, 15) is 13.2 Å². The van der Waals surface area contributed by atoms with Gasteiger partial charge in [0.15, 0.2) is 5.01 Å². The van der Waals surface area contributed by atoms with Crippen molar-refractivity contribution < 1.29 is 13.2 Å². The molecular formula is C13H13F3N2S. The minimum atomic E-state index is -4.40. The number of thiazole rings is 1. The molecule has 1 heterocycles. The van der Waals surface area contributed by atoms with Crippen LogP contribution in [0.3, 0.4) is 0 Å².